The van der Waals surface area contributed by atoms with Gasteiger partial charge in [0.15, 0.2) is 0 Å². The number of hydrogen-bond donors (Lipinski definition) is 0. The maximum atomic E-state index is 12.5. The van der Waals surface area contributed by atoms with Crippen LogP contribution in [0.4, 0.5) is 0 Å². The van der Waals surface area contributed by atoms with Crippen molar-refractivity contribution in [3.05, 3.63) is 33.2 Å². The third-order valence-corrected chi connectivity index (χ3v) is 4.48. The molecule has 0 aliphatic carbocycles. The Balaban J connectivity index is 2.44. The molecule has 0 atom stereocenters. The zero-order valence-corrected chi connectivity index (χ0v) is 12.5. The Morgan fingerprint density at radius 1 is 1.32 bits per heavy atom. The minimum Gasteiger partial charge on any atom is -0.337 e. The molecule has 104 valence electrons. The van der Waals surface area contributed by atoms with E-state index in [1.54, 1.807) is 9.47 Å². The molecule has 0 spiro atoms. The first kappa shape index (κ1) is 14.2. The molecule has 0 bridgehead atoms. The van der Waals surface area contributed by atoms with Gasteiger partial charge in [0.25, 0.3) is 11.5 Å². The highest BCUT2D eigenvalue weighted by Crippen LogP contribution is 2.14. The second-order valence-corrected chi connectivity index (χ2v) is 6.02. The summed E-state index contributed by atoms with van der Waals surface area (Å²) in [7, 11) is 0. The van der Waals surface area contributed by atoms with E-state index in [4.69, 9.17) is 0 Å². The highest BCUT2D eigenvalue weighted by molar-refractivity contribution is 7.99. The average Bonchev–Trinajstić information content (AvgIpc) is 2.39. The van der Waals surface area contributed by atoms with Gasteiger partial charge < -0.3 is 9.47 Å². The molecule has 1 aromatic heterocycles. The number of carbonyl (C=O) groups is 1. The molecule has 19 heavy (non-hydrogen) atoms. The smallest absolute Gasteiger partial charge is 0.263 e. The Bertz CT molecular complexity index is 545. The molecule has 2 heterocycles. The second-order valence-electron chi connectivity index (χ2n) is 4.80. The molecule has 1 aliphatic rings. The van der Waals surface area contributed by atoms with E-state index in [1.807, 2.05) is 38.6 Å². The quantitative estimate of drug-likeness (QED) is 0.827. The molecular weight excluding hydrogens is 260 g/mol. The molecular formula is C14H20N2O2S. The first-order valence-corrected chi connectivity index (χ1v) is 7.79. The minimum atomic E-state index is -0.150. The van der Waals surface area contributed by atoms with Crippen molar-refractivity contribution in [2.75, 3.05) is 24.6 Å². The van der Waals surface area contributed by atoms with Crippen molar-refractivity contribution >= 4 is 17.7 Å². The number of nitrogens with zero attached hydrogens (tertiary/aromatic N) is 2. The zero-order chi connectivity index (χ0) is 14.0. The number of aryl methyl sites for hydroxylation is 2. The molecule has 1 saturated heterocycles. The van der Waals surface area contributed by atoms with Gasteiger partial charge >= 0.3 is 0 Å². The SMILES string of the molecule is CCn1c(C)cc(C)c(C(=O)N2CCSCC2)c1=O. The van der Waals surface area contributed by atoms with Crippen LogP contribution in [-0.2, 0) is 6.54 Å². The predicted octanol–water partition coefficient (Wildman–Crippen LogP) is 1.67. The van der Waals surface area contributed by atoms with Gasteiger partial charge in [0.1, 0.15) is 5.56 Å². The summed E-state index contributed by atoms with van der Waals surface area (Å²) in [4.78, 5) is 26.8. The van der Waals surface area contributed by atoms with Crippen molar-refractivity contribution in [1.82, 2.24) is 9.47 Å². The molecule has 0 aromatic carbocycles. The van der Waals surface area contributed by atoms with Crippen LogP contribution in [0.2, 0.25) is 0 Å². The number of thioether (sulfide) groups is 1. The average molecular weight is 280 g/mol. The van der Waals surface area contributed by atoms with Crippen LogP contribution in [0.5, 0.6) is 0 Å². The lowest BCUT2D eigenvalue weighted by Crippen LogP contribution is -2.42. The number of amides is 1. The standard InChI is InChI=1S/C14H20N2O2S/c1-4-16-11(3)9-10(2)12(14(16)18)13(17)15-5-7-19-8-6-15/h9H,4-8H2,1-3H3. The fourth-order valence-corrected chi connectivity index (χ4v) is 3.41. The summed E-state index contributed by atoms with van der Waals surface area (Å²) < 4.78 is 1.67. The Kier molecular flexibility index (Phi) is 4.34. The van der Waals surface area contributed by atoms with Crippen LogP contribution in [0.3, 0.4) is 0 Å². The topological polar surface area (TPSA) is 42.3 Å². The van der Waals surface area contributed by atoms with Crippen LogP contribution >= 0.6 is 11.8 Å². The Morgan fingerprint density at radius 2 is 1.95 bits per heavy atom. The van der Waals surface area contributed by atoms with Crippen LogP contribution in [0.1, 0.15) is 28.5 Å². The summed E-state index contributed by atoms with van der Waals surface area (Å²) in [5.74, 6) is 1.81. The first-order valence-electron chi connectivity index (χ1n) is 6.64. The van der Waals surface area contributed by atoms with Crippen molar-refractivity contribution < 1.29 is 4.79 Å². The van der Waals surface area contributed by atoms with Crippen molar-refractivity contribution in [2.24, 2.45) is 0 Å². The van der Waals surface area contributed by atoms with Gasteiger partial charge in [-0.3, -0.25) is 9.59 Å². The van der Waals surface area contributed by atoms with E-state index in [0.29, 0.717) is 12.1 Å². The van der Waals surface area contributed by atoms with Crippen LogP contribution in [0, 0.1) is 13.8 Å². The summed E-state index contributed by atoms with van der Waals surface area (Å²) in [5, 5.41) is 0. The van der Waals surface area contributed by atoms with Crippen LogP contribution < -0.4 is 5.56 Å². The molecule has 0 radical (unpaired) electrons. The van der Waals surface area contributed by atoms with Gasteiger partial charge in [-0.05, 0) is 32.4 Å². The number of pyridine rings is 1. The normalized spacial score (nSPS) is 15.6. The first-order chi connectivity index (χ1) is 9.06. The van der Waals surface area contributed by atoms with Gasteiger partial charge in [0, 0.05) is 36.8 Å². The van der Waals surface area contributed by atoms with E-state index in [2.05, 4.69) is 0 Å². The Morgan fingerprint density at radius 3 is 2.53 bits per heavy atom. The summed E-state index contributed by atoms with van der Waals surface area (Å²) in [6, 6.07) is 1.93. The lowest BCUT2D eigenvalue weighted by atomic mass is 10.1. The van der Waals surface area contributed by atoms with E-state index in [-0.39, 0.29) is 11.5 Å². The highest BCUT2D eigenvalue weighted by Gasteiger charge is 2.23. The zero-order valence-electron chi connectivity index (χ0n) is 11.7. The summed E-state index contributed by atoms with van der Waals surface area (Å²) >= 11 is 1.85. The summed E-state index contributed by atoms with van der Waals surface area (Å²) in [6.07, 6.45) is 0. The fourth-order valence-electron chi connectivity index (χ4n) is 2.50. The number of carbonyl (C=O) groups excluding carboxylic acids is 1. The van der Waals surface area contributed by atoms with Crippen molar-refractivity contribution in [3.63, 3.8) is 0 Å². The largest absolute Gasteiger partial charge is 0.337 e. The number of aromatic nitrogens is 1. The lowest BCUT2D eigenvalue weighted by molar-refractivity contribution is 0.0769. The minimum absolute atomic E-state index is 0.106. The van der Waals surface area contributed by atoms with Crippen molar-refractivity contribution in [3.8, 4) is 0 Å². The van der Waals surface area contributed by atoms with Crippen LogP contribution in [-0.4, -0.2) is 40.0 Å². The Labute approximate surface area is 117 Å². The van der Waals surface area contributed by atoms with E-state index < -0.39 is 0 Å². The predicted molar refractivity (Wildman–Crippen MR) is 79.1 cm³/mol. The maximum Gasteiger partial charge on any atom is 0.263 e. The monoisotopic (exact) mass is 280 g/mol. The van der Waals surface area contributed by atoms with E-state index in [1.165, 1.54) is 0 Å². The lowest BCUT2D eigenvalue weighted by Gasteiger charge is -2.27. The molecule has 1 fully saturated rings. The summed E-state index contributed by atoms with van der Waals surface area (Å²) in [5.41, 5.74) is 1.90. The molecule has 0 N–H and O–H groups in total. The maximum absolute atomic E-state index is 12.5. The van der Waals surface area contributed by atoms with Crippen molar-refractivity contribution in [1.29, 1.82) is 0 Å². The van der Waals surface area contributed by atoms with Crippen molar-refractivity contribution in [2.45, 2.75) is 27.3 Å². The number of rotatable bonds is 2. The van der Waals surface area contributed by atoms with E-state index in [0.717, 1.165) is 35.9 Å². The van der Waals surface area contributed by atoms with E-state index in [9.17, 15) is 9.59 Å². The van der Waals surface area contributed by atoms with Gasteiger partial charge in [0.2, 0.25) is 0 Å². The van der Waals surface area contributed by atoms with Gasteiger partial charge in [0.05, 0.1) is 0 Å². The van der Waals surface area contributed by atoms with Crippen LogP contribution in [0.15, 0.2) is 10.9 Å². The van der Waals surface area contributed by atoms with Gasteiger partial charge in [-0.15, -0.1) is 0 Å². The fraction of sp³-hybridized carbons (Fsp3) is 0.571. The van der Waals surface area contributed by atoms with Crippen LogP contribution in [0.25, 0.3) is 0 Å². The highest BCUT2D eigenvalue weighted by atomic mass is 32.2. The molecule has 1 amide bonds. The summed E-state index contributed by atoms with van der Waals surface area (Å²) in [6.45, 7) is 7.76. The van der Waals surface area contributed by atoms with Gasteiger partial charge in [-0.2, -0.15) is 11.8 Å². The molecule has 5 heteroatoms. The molecule has 1 aliphatic heterocycles. The molecule has 0 saturated carbocycles. The van der Waals surface area contributed by atoms with E-state index >= 15 is 0 Å². The third kappa shape index (κ3) is 2.71. The molecule has 4 nitrogen and oxygen atoms in total. The third-order valence-electron chi connectivity index (χ3n) is 3.53. The number of hydrogen-bond acceptors (Lipinski definition) is 3. The molecule has 0 unspecified atom stereocenters. The molecule has 1 aromatic rings. The van der Waals surface area contributed by atoms with Gasteiger partial charge in [-0.1, -0.05) is 0 Å². The molecule has 2 rings (SSSR count). The van der Waals surface area contributed by atoms with Gasteiger partial charge in [-0.25, -0.2) is 0 Å². The Hall–Kier alpha value is -1.23. The second kappa shape index (κ2) is 5.82.